The summed E-state index contributed by atoms with van der Waals surface area (Å²) in [6.07, 6.45) is -3.78. The van der Waals surface area contributed by atoms with Gasteiger partial charge in [0.25, 0.3) is 0 Å². The summed E-state index contributed by atoms with van der Waals surface area (Å²) in [6, 6.07) is 1.34. The van der Waals surface area contributed by atoms with Crippen molar-refractivity contribution in [3.05, 3.63) is 29.6 Å². The lowest BCUT2D eigenvalue weighted by atomic mass is 10.2. The van der Waals surface area contributed by atoms with Gasteiger partial charge in [0.15, 0.2) is 0 Å². The molecule has 0 aliphatic carbocycles. The van der Waals surface area contributed by atoms with E-state index < -0.39 is 29.6 Å². The predicted molar refractivity (Wildman–Crippen MR) is 59.9 cm³/mol. The largest absolute Gasteiger partial charge is 0.417 e. The van der Waals surface area contributed by atoms with Crippen molar-refractivity contribution in [1.82, 2.24) is 15.6 Å². The number of hydrogen-bond donors (Lipinski definition) is 2. The molecule has 1 heterocycles. The Morgan fingerprint density at radius 3 is 2.32 bits per heavy atom. The van der Waals surface area contributed by atoms with E-state index in [1.807, 2.05) is 0 Å². The van der Waals surface area contributed by atoms with E-state index in [0.717, 1.165) is 12.1 Å². The topological polar surface area (TPSA) is 71.1 Å². The first-order chi connectivity index (χ1) is 8.75. The minimum Gasteiger partial charge on any atom is -0.351 e. The van der Waals surface area contributed by atoms with E-state index in [-0.39, 0.29) is 5.69 Å². The molecular formula is C11H12F3N3O2. The highest BCUT2D eigenvalue weighted by Crippen LogP contribution is 2.28. The highest BCUT2D eigenvalue weighted by molar-refractivity contribution is 6.35. The number of nitrogens with one attached hydrogen (secondary N) is 2. The SMILES string of the molecule is CNC(=O)C(=O)N[C@H](C)c1ccc(C(F)(F)F)cn1. The molecule has 0 aromatic carbocycles. The summed E-state index contributed by atoms with van der Waals surface area (Å²) >= 11 is 0. The van der Waals surface area contributed by atoms with Gasteiger partial charge in [0.2, 0.25) is 0 Å². The van der Waals surface area contributed by atoms with E-state index in [1.54, 1.807) is 0 Å². The van der Waals surface area contributed by atoms with Crippen molar-refractivity contribution in [2.24, 2.45) is 0 Å². The van der Waals surface area contributed by atoms with Gasteiger partial charge in [0.1, 0.15) is 0 Å². The monoisotopic (exact) mass is 275 g/mol. The Morgan fingerprint density at radius 2 is 1.89 bits per heavy atom. The third-order valence-corrected chi connectivity index (χ3v) is 2.34. The van der Waals surface area contributed by atoms with Crippen molar-refractivity contribution in [1.29, 1.82) is 0 Å². The number of halogens is 3. The van der Waals surface area contributed by atoms with Gasteiger partial charge >= 0.3 is 18.0 Å². The van der Waals surface area contributed by atoms with Crippen molar-refractivity contribution in [2.45, 2.75) is 19.1 Å². The number of hydrogen-bond acceptors (Lipinski definition) is 3. The number of alkyl halides is 3. The van der Waals surface area contributed by atoms with Gasteiger partial charge < -0.3 is 10.6 Å². The zero-order valence-corrected chi connectivity index (χ0v) is 10.2. The van der Waals surface area contributed by atoms with Crippen LogP contribution >= 0.6 is 0 Å². The molecule has 104 valence electrons. The number of likely N-dealkylation sites (N-methyl/N-ethyl adjacent to an activating group) is 1. The molecule has 1 atom stereocenters. The number of rotatable bonds is 2. The van der Waals surface area contributed by atoms with Gasteiger partial charge in [-0.1, -0.05) is 0 Å². The average molecular weight is 275 g/mol. The Bertz CT molecular complexity index is 471. The second-order valence-corrected chi connectivity index (χ2v) is 3.74. The first-order valence-corrected chi connectivity index (χ1v) is 5.31. The van der Waals surface area contributed by atoms with Crippen LogP contribution < -0.4 is 10.6 Å². The van der Waals surface area contributed by atoms with Crippen LogP contribution in [-0.2, 0) is 15.8 Å². The van der Waals surface area contributed by atoms with Crippen LogP contribution in [0.4, 0.5) is 13.2 Å². The Hall–Kier alpha value is -2.12. The lowest BCUT2D eigenvalue weighted by Gasteiger charge is -2.13. The molecule has 8 heteroatoms. The highest BCUT2D eigenvalue weighted by Gasteiger charge is 2.30. The summed E-state index contributed by atoms with van der Waals surface area (Å²) < 4.78 is 37.0. The normalized spacial score (nSPS) is 12.7. The number of carbonyl (C=O) groups excluding carboxylic acids is 2. The second kappa shape index (κ2) is 5.68. The first kappa shape index (κ1) is 14.9. The van der Waals surface area contributed by atoms with Crippen LogP contribution in [0.1, 0.15) is 24.2 Å². The fourth-order valence-electron chi connectivity index (χ4n) is 1.28. The molecule has 0 spiro atoms. The molecular weight excluding hydrogens is 263 g/mol. The summed E-state index contributed by atoms with van der Waals surface area (Å²) in [6.45, 7) is 1.51. The maximum absolute atomic E-state index is 12.3. The van der Waals surface area contributed by atoms with Crippen LogP contribution in [0, 0.1) is 0 Å². The fraction of sp³-hybridized carbons (Fsp3) is 0.364. The van der Waals surface area contributed by atoms with Crippen molar-refractivity contribution in [3.63, 3.8) is 0 Å². The van der Waals surface area contributed by atoms with Gasteiger partial charge in [0, 0.05) is 13.2 Å². The number of pyridine rings is 1. The van der Waals surface area contributed by atoms with E-state index in [4.69, 9.17) is 0 Å². The smallest absolute Gasteiger partial charge is 0.351 e. The van der Waals surface area contributed by atoms with Crippen LogP contribution in [0.15, 0.2) is 18.3 Å². The van der Waals surface area contributed by atoms with E-state index in [2.05, 4.69) is 15.6 Å². The van der Waals surface area contributed by atoms with Gasteiger partial charge in [-0.3, -0.25) is 14.6 Å². The first-order valence-electron chi connectivity index (χ1n) is 5.31. The number of amides is 2. The predicted octanol–water partition coefficient (Wildman–Crippen LogP) is 1.02. The Morgan fingerprint density at radius 1 is 1.26 bits per heavy atom. The second-order valence-electron chi connectivity index (χ2n) is 3.74. The van der Waals surface area contributed by atoms with E-state index in [0.29, 0.717) is 6.20 Å². The van der Waals surface area contributed by atoms with Gasteiger partial charge in [-0.15, -0.1) is 0 Å². The minimum atomic E-state index is -4.46. The van der Waals surface area contributed by atoms with Gasteiger partial charge in [-0.25, -0.2) is 0 Å². The molecule has 1 rings (SSSR count). The summed E-state index contributed by atoms with van der Waals surface area (Å²) in [5.74, 6) is -1.71. The molecule has 0 aliphatic heterocycles. The molecule has 0 fully saturated rings. The molecule has 0 saturated carbocycles. The van der Waals surface area contributed by atoms with Crippen molar-refractivity contribution >= 4 is 11.8 Å². The van der Waals surface area contributed by atoms with Crippen LogP contribution in [0.5, 0.6) is 0 Å². The standard InChI is InChI=1S/C11H12F3N3O2/c1-6(17-10(19)9(18)15-2)8-4-3-7(5-16-8)11(12,13)14/h3-6H,1-2H3,(H,15,18)(H,17,19)/t6-/m1/s1. The number of nitrogens with zero attached hydrogens (tertiary/aromatic N) is 1. The minimum absolute atomic E-state index is 0.227. The molecule has 0 saturated heterocycles. The quantitative estimate of drug-likeness (QED) is 0.792. The van der Waals surface area contributed by atoms with Crippen LogP contribution in [-0.4, -0.2) is 23.8 Å². The maximum atomic E-state index is 12.3. The van der Waals surface area contributed by atoms with E-state index in [1.165, 1.54) is 14.0 Å². The molecule has 1 aromatic rings. The Labute approximate surface area is 107 Å². The fourth-order valence-corrected chi connectivity index (χ4v) is 1.28. The average Bonchev–Trinajstić information content (AvgIpc) is 2.36. The molecule has 0 unspecified atom stereocenters. The van der Waals surface area contributed by atoms with Crippen molar-refractivity contribution in [2.75, 3.05) is 7.05 Å². The third kappa shape index (κ3) is 3.94. The molecule has 2 N–H and O–H groups in total. The zero-order chi connectivity index (χ0) is 14.6. The molecule has 19 heavy (non-hydrogen) atoms. The summed E-state index contributed by atoms with van der Waals surface area (Å²) in [5.41, 5.74) is -0.647. The Balaban J connectivity index is 2.76. The van der Waals surface area contributed by atoms with Crippen LogP contribution in [0.3, 0.4) is 0 Å². The lowest BCUT2D eigenvalue weighted by molar-refractivity contribution is -0.139. The number of carbonyl (C=O) groups is 2. The summed E-state index contributed by atoms with van der Waals surface area (Å²) in [4.78, 5) is 25.8. The number of aromatic nitrogens is 1. The zero-order valence-electron chi connectivity index (χ0n) is 10.2. The van der Waals surface area contributed by atoms with Gasteiger partial charge in [-0.2, -0.15) is 13.2 Å². The highest BCUT2D eigenvalue weighted by atomic mass is 19.4. The van der Waals surface area contributed by atoms with E-state index in [9.17, 15) is 22.8 Å². The molecule has 1 aromatic heterocycles. The van der Waals surface area contributed by atoms with E-state index >= 15 is 0 Å². The van der Waals surface area contributed by atoms with Crippen LogP contribution in [0.2, 0.25) is 0 Å². The van der Waals surface area contributed by atoms with Crippen molar-refractivity contribution in [3.8, 4) is 0 Å². The molecule has 5 nitrogen and oxygen atoms in total. The molecule has 0 aliphatic rings. The van der Waals surface area contributed by atoms with Gasteiger partial charge in [0.05, 0.1) is 17.3 Å². The molecule has 2 amide bonds. The molecule has 0 bridgehead atoms. The lowest BCUT2D eigenvalue weighted by Crippen LogP contribution is -2.39. The third-order valence-electron chi connectivity index (χ3n) is 2.34. The molecule has 0 radical (unpaired) electrons. The van der Waals surface area contributed by atoms with Crippen LogP contribution in [0.25, 0.3) is 0 Å². The summed E-state index contributed by atoms with van der Waals surface area (Å²) in [7, 11) is 1.29. The van der Waals surface area contributed by atoms with Gasteiger partial charge in [-0.05, 0) is 19.1 Å². The Kier molecular flexibility index (Phi) is 4.47. The summed E-state index contributed by atoms with van der Waals surface area (Å²) in [5, 5.41) is 4.44. The maximum Gasteiger partial charge on any atom is 0.417 e. The van der Waals surface area contributed by atoms with Crippen molar-refractivity contribution < 1.29 is 22.8 Å².